The van der Waals surface area contributed by atoms with Crippen molar-refractivity contribution in [1.29, 1.82) is 0 Å². The van der Waals surface area contributed by atoms with Gasteiger partial charge in [0, 0.05) is 16.3 Å². The molecular weight excluding hydrogens is 341 g/mol. The van der Waals surface area contributed by atoms with Crippen LogP contribution in [0.4, 0.5) is 4.39 Å². The molecule has 0 aliphatic rings. The highest BCUT2D eigenvalue weighted by Crippen LogP contribution is 2.38. The number of rotatable bonds is 3. The van der Waals surface area contributed by atoms with E-state index in [2.05, 4.69) is 4.98 Å². The Bertz CT molecular complexity index is 1170. The molecule has 3 aromatic carbocycles. The third kappa shape index (κ3) is 2.83. The first-order valence-corrected chi connectivity index (χ1v) is 8.86. The maximum Gasteiger partial charge on any atom is 0.338 e. The van der Waals surface area contributed by atoms with Gasteiger partial charge in [-0.15, -0.1) is 0 Å². The van der Waals surface area contributed by atoms with Crippen molar-refractivity contribution in [1.82, 2.24) is 4.98 Å². The molecule has 0 N–H and O–H groups in total. The minimum absolute atomic E-state index is 0.190. The van der Waals surface area contributed by atoms with Gasteiger partial charge < -0.3 is 4.74 Å². The van der Waals surface area contributed by atoms with Crippen LogP contribution in [0.1, 0.15) is 22.8 Å². The third-order valence-corrected chi connectivity index (χ3v) is 4.63. The molecular formula is C23H18FNO2. The van der Waals surface area contributed by atoms with E-state index in [1.54, 1.807) is 19.9 Å². The Kier molecular flexibility index (Phi) is 4.32. The van der Waals surface area contributed by atoms with Crippen molar-refractivity contribution in [2.75, 3.05) is 6.61 Å². The van der Waals surface area contributed by atoms with E-state index in [4.69, 9.17) is 4.74 Å². The fourth-order valence-electron chi connectivity index (χ4n) is 3.45. The van der Waals surface area contributed by atoms with E-state index in [1.807, 2.05) is 54.6 Å². The van der Waals surface area contributed by atoms with Crippen LogP contribution in [-0.2, 0) is 4.74 Å². The van der Waals surface area contributed by atoms with Crippen LogP contribution in [0.3, 0.4) is 0 Å². The Morgan fingerprint density at radius 1 is 1.07 bits per heavy atom. The van der Waals surface area contributed by atoms with Crippen LogP contribution in [0.25, 0.3) is 32.9 Å². The summed E-state index contributed by atoms with van der Waals surface area (Å²) in [5.74, 6) is -0.888. The summed E-state index contributed by atoms with van der Waals surface area (Å²) < 4.78 is 20.3. The quantitative estimate of drug-likeness (QED) is 0.349. The van der Waals surface area contributed by atoms with Gasteiger partial charge in [-0.3, -0.25) is 0 Å². The molecule has 1 aromatic heterocycles. The summed E-state index contributed by atoms with van der Waals surface area (Å²) in [4.78, 5) is 17.2. The third-order valence-electron chi connectivity index (χ3n) is 4.63. The van der Waals surface area contributed by atoms with E-state index in [0.29, 0.717) is 22.0 Å². The van der Waals surface area contributed by atoms with Crippen molar-refractivity contribution in [2.45, 2.75) is 13.8 Å². The first-order chi connectivity index (χ1) is 13.1. The number of hydrogen-bond acceptors (Lipinski definition) is 3. The number of para-hydroxylation sites is 1. The predicted molar refractivity (Wildman–Crippen MR) is 105 cm³/mol. The fraction of sp³-hybridized carbons (Fsp3) is 0.130. The zero-order valence-corrected chi connectivity index (χ0v) is 15.1. The molecule has 134 valence electrons. The molecule has 27 heavy (non-hydrogen) atoms. The lowest BCUT2D eigenvalue weighted by Gasteiger charge is -2.16. The number of benzene rings is 3. The number of esters is 1. The first kappa shape index (κ1) is 17.2. The molecule has 0 aliphatic heterocycles. The van der Waals surface area contributed by atoms with Crippen molar-refractivity contribution in [3.05, 3.63) is 77.6 Å². The van der Waals surface area contributed by atoms with Gasteiger partial charge in [-0.25, -0.2) is 14.2 Å². The zero-order chi connectivity index (χ0) is 19.0. The van der Waals surface area contributed by atoms with Crippen molar-refractivity contribution < 1.29 is 13.9 Å². The monoisotopic (exact) mass is 359 g/mol. The molecule has 0 radical (unpaired) electrons. The molecule has 3 nitrogen and oxygen atoms in total. The van der Waals surface area contributed by atoms with Gasteiger partial charge in [-0.2, -0.15) is 0 Å². The lowest BCUT2D eigenvalue weighted by atomic mass is 9.92. The Morgan fingerprint density at radius 2 is 1.78 bits per heavy atom. The molecule has 0 unspecified atom stereocenters. The Morgan fingerprint density at radius 3 is 2.52 bits per heavy atom. The highest BCUT2D eigenvalue weighted by Gasteiger charge is 2.22. The normalized spacial score (nSPS) is 11.1. The molecule has 1 heterocycles. The van der Waals surface area contributed by atoms with Gasteiger partial charge in [0.1, 0.15) is 5.52 Å². The van der Waals surface area contributed by atoms with E-state index in [-0.39, 0.29) is 12.1 Å². The van der Waals surface area contributed by atoms with Gasteiger partial charge in [-0.1, -0.05) is 48.5 Å². The Balaban J connectivity index is 2.25. The van der Waals surface area contributed by atoms with Crippen LogP contribution in [0, 0.1) is 12.7 Å². The van der Waals surface area contributed by atoms with Crippen LogP contribution in [0.15, 0.2) is 60.7 Å². The lowest BCUT2D eigenvalue weighted by Crippen LogP contribution is -2.08. The van der Waals surface area contributed by atoms with Crippen molar-refractivity contribution in [3.8, 4) is 11.1 Å². The number of hydrogen-bond donors (Lipinski definition) is 0. The standard InChI is InChI=1S/C23H18FNO2/c1-3-27-23(26)17-13-14(2)21(24)22-20(17)19(15-9-5-4-6-10-15)16-11-7-8-12-18(16)25-22/h4-13H,3H2,1-2H3. The second kappa shape index (κ2) is 6.80. The SMILES string of the molecule is CCOC(=O)c1cc(C)c(F)c2nc3ccccc3c(-c3ccccc3)c12. The largest absolute Gasteiger partial charge is 0.462 e. The average Bonchev–Trinajstić information content (AvgIpc) is 2.70. The highest BCUT2D eigenvalue weighted by molar-refractivity contribution is 6.16. The summed E-state index contributed by atoms with van der Waals surface area (Å²) in [6.45, 7) is 3.64. The van der Waals surface area contributed by atoms with Crippen LogP contribution >= 0.6 is 0 Å². The van der Waals surface area contributed by atoms with E-state index < -0.39 is 11.8 Å². The number of aromatic nitrogens is 1. The summed E-state index contributed by atoms with van der Waals surface area (Å²) >= 11 is 0. The zero-order valence-electron chi connectivity index (χ0n) is 15.1. The molecule has 0 fully saturated rings. The molecule has 0 saturated carbocycles. The molecule has 0 spiro atoms. The summed E-state index contributed by atoms with van der Waals surface area (Å²) in [6, 6.07) is 18.8. The molecule has 4 heteroatoms. The topological polar surface area (TPSA) is 39.2 Å². The van der Waals surface area contributed by atoms with Crippen LogP contribution in [-0.4, -0.2) is 17.6 Å². The summed E-state index contributed by atoms with van der Waals surface area (Å²) in [6.07, 6.45) is 0. The van der Waals surface area contributed by atoms with Crippen LogP contribution in [0.5, 0.6) is 0 Å². The summed E-state index contributed by atoms with van der Waals surface area (Å²) in [5.41, 5.74) is 3.27. The summed E-state index contributed by atoms with van der Waals surface area (Å²) in [7, 11) is 0. The van der Waals surface area contributed by atoms with E-state index in [9.17, 15) is 4.79 Å². The smallest absolute Gasteiger partial charge is 0.338 e. The molecule has 0 atom stereocenters. The minimum Gasteiger partial charge on any atom is -0.462 e. The molecule has 0 amide bonds. The summed E-state index contributed by atoms with van der Waals surface area (Å²) in [5, 5.41) is 1.35. The highest BCUT2D eigenvalue weighted by atomic mass is 19.1. The van der Waals surface area contributed by atoms with Gasteiger partial charge in [-0.05, 0) is 37.1 Å². The van der Waals surface area contributed by atoms with Crippen LogP contribution < -0.4 is 0 Å². The second-order valence-corrected chi connectivity index (χ2v) is 6.37. The number of aryl methyl sites for hydroxylation is 1. The molecule has 4 rings (SSSR count). The van der Waals surface area contributed by atoms with Gasteiger partial charge in [0.2, 0.25) is 0 Å². The van der Waals surface area contributed by atoms with Crippen molar-refractivity contribution in [3.63, 3.8) is 0 Å². The van der Waals surface area contributed by atoms with Gasteiger partial charge in [0.05, 0.1) is 17.7 Å². The van der Waals surface area contributed by atoms with Gasteiger partial charge in [0.15, 0.2) is 5.82 Å². The van der Waals surface area contributed by atoms with Crippen molar-refractivity contribution >= 4 is 27.8 Å². The van der Waals surface area contributed by atoms with Crippen molar-refractivity contribution in [2.24, 2.45) is 0 Å². The lowest BCUT2D eigenvalue weighted by molar-refractivity contribution is 0.0528. The molecule has 4 aromatic rings. The van der Waals surface area contributed by atoms with Crippen LogP contribution in [0.2, 0.25) is 0 Å². The fourth-order valence-corrected chi connectivity index (χ4v) is 3.45. The Hall–Kier alpha value is -3.27. The number of halogens is 1. The maximum absolute atomic E-state index is 15.0. The molecule has 0 bridgehead atoms. The van der Waals surface area contributed by atoms with Gasteiger partial charge in [0.25, 0.3) is 0 Å². The minimum atomic E-state index is -0.472. The number of nitrogens with zero attached hydrogens (tertiary/aromatic N) is 1. The maximum atomic E-state index is 15.0. The molecule has 0 aliphatic carbocycles. The number of carbonyl (C=O) groups excluding carboxylic acids is 1. The predicted octanol–water partition coefficient (Wildman–Crippen LogP) is 5.68. The van der Waals surface area contributed by atoms with E-state index in [0.717, 1.165) is 16.5 Å². The molecule has 0 saturated heterocycles. The number of ether oxygens (including phenoxy) is 1. The Labute approximate surface area is 156 Å². The van der Waals surface area contributed by atoms with E-state index >= 15 is 4.39 Å². The van der Waals surface area contributed by atoms with Gasteiger partial charge >= 0.3 is 5.97 Å². The first-order valence-electron chi connectivity index (χ1n) is 8.86. The number of carbonyl (C=O) groups is 1. The number of pyridine rings is 1. The average molecular weight is 359 g/mol. The second-order valence-electron chi connectivity index (χ2n) is 6.37. The van der Waals surface area contributed by atoms with E-state index in [1.165, 1.54) is 0 Å². The number of fused-ring (bicyclic) bond motifs is 2.